The van der Waals surface area contributed by atoms with E-state index >= 15 is 0 Å². The second-order valence-electron chi connectivity index (χ2n) is 5.58. The first kappa shape index (κ1) is 17.2. The van der Waals surface area contributed by atoms with E-state index < -0.39 is 21.9 Å². The average Bonchev–Trinajstić information content (AvgIpc) is 3.07. The summed E-state index contributed by atoms with van der Waals surface area (Å²) in [5, 5.41) is 8.07. The maximum atomic E-state index is 13.3. The summed E-state index contributed by atoms with van der Waals surface area (Å²) in [5.74, 6) is -0.475. The molecule has 0 saturated carbocycles. The number of halogens is 1. The zero-order valence-electron chi connectivity index (χ0n) is 13.5. The third kappa shape index (κ3) is 4.09. The summed E-state index contributed by atoms with van der Waals surface area (Å²) in [6.45, 7) is 1.79. The first-order chi connectivity index (χ1) is 12.0. The molecule has 3 aromatic rings. The molecule has 0 aliphatic carbocycles. The van der Waals surface area contributed by atoms with Crippen molar-refractivity contribution in [2.24, 2.45) is 0 Å². The molecule has 0 saturated heterocycles. The highest BCUT2D eigenvalue weighted by molar-refractivity contribution is 7.89. The molecule has 0 bridgehead atoms. The molecule has 3 rings (SSSR count). The van der Waals surface area contributed by atoms with Gasteiger partial charge in [0.1, 0.15) is 5.82 Å². The Morgan fingerprint density at radius 3 is 2.44 bits per heavy atom. The van der Waals surface area contributed by atoms with E-state index in [1.807, 2.05) is 30.3 Å². The molecule has 25 heavy (non-hydrogen) atoms. The lowest BCUT2D eigenvalue weighted by Gasteiger charge is -2.19. The summed E-state index contributed by atoms with van der Waals surface area (Å²) >= 11 is 0. The Morgan fingerprint density at radius 2 is 1.80 bits per heavy atom. The highest BCUT2D eigenvalue weighted by Gasteiger charge is 2.24. The molecule has 6 nitrogen and oxygen atoms in total. The fraction of sp³-hybridized carbons (Fsp3) is 0.176. The van der Waals surface area contributed by atoms with Crippen molar-refractivity contribution in [1.82, 2.24) is 19.7 Å². The highest BCUT2D eigenvalue weighted by atomic mass is 32.2. The summed E-state index contributed by atoms with van der Waals surface area (Å²) < 4.78 is 41.5. The van der Waals surface area contributed by atoms with Crippen LogP contribution in [0, 0.1) is 12.7 Å². The van der Waals surface area contributed by atoms with E-state index in [1.165, 1.54) is 29.3 Å². The Morgan fingerprint density at radius 1 is 1.12 bits per heavy atom. The Bertz CT molecular complexity index is 944. The number of aromatic nitrogens is 3. The van der Waals surface area contributed by atoms with Crippen molar-refractivity contribution in [3.05, 3.63) is 77.9 Å². The van der Waals surface area contributed by atoms with E-state index in [2.05, 4.69) is 14.9 Å². The standard InChI is InChI=1S/C17H17FN4O2S/c1-13-11-15(18)7-8-17(13)25(23,24)21-16(12-22-19-9-10-20-22)14-5-3-2-4-6-14/h2-11,16,21H,12H2,1H3/t16-/m1/s1. The van der Waals surface area contributed by atoms with Crippen molar-refractivity contribution < 1.29 is 12.8 Å². The van der Waals surface area contributed by atoms with Gasteiger partial charge >= 0.3 is 0 Å². The Balaban J connectivity index is 1.93. The topological polar surface area (TPSA) is 76.9 Å². The zero-order valence-corrected chi connectivity index (χ0v) is 14.3. The molecule has 8 heteroatoms. The lowest BCUT2D eigenvalue weighted by Crippen LogP contribution is -2.32. The smallest absolute Gasteiger partial charge is 0.207 e. The van der Waals surface area contributed by atoms with Crippen LogP contribution in [0.3, 0.4) is 0 Å². The first-order valence-electron chi connectivity index (χ1n) is 7.63. The number of nitrogens with one attached hydrogen (secondary N) is 1. The van der Waals surface area contributed by atoms with Gasteiger partial charge < -0.3 is 0 Å². The number of aryl methyl sites for hydroxylation is 1. The van der Waals surface area contributed by atoms with Crippen molar-refractivity contribution in [3.63, 3.8) is 0 Å². The quantitative estimate of drug-likeness (QED) is 0.732. The molecule has 1 heterocycles. The van der Waals surface area contributed by atoms with Crippen LogP contribution in [0.15, 0.2) is 65.8 Å². The van der Waals surface area contributed by atoms with Crippen molar-refractivity contribution in [3.8, 4) is 0 Å². The van der Waals surface area contributed by atoms with Crippen molar-refractivity contribution in [2.45, 2.75) is 24.4 Å². The van der Waals surface area contributed by atoms with Crippen molar-refractivity contribution in [2.75, 3.05) is 0 Å². The average molecular weight is 360 g/mol. The van der Waals surface area contributed by atoms with E-state index in [4.69, 9.17) is 0 Å². The van der Waals surface area contributed by atoms with Crippen LogP contribution in [0.5, 0.6) is 0 Å². The van der Waals surface area contributed by atoms with Crippen LogP contribution < -0.4 is 4.72 Å². The third-order valence-electron chi connectivity index (χ3n) is 3.74. The Labute approximate surface area is 145 Å². The molecule has 1 N–H and O–H groups in total. The van der Waals surface area contributed by atoms with Gasteiger partial charge in [0.05, 0.1) is 29.9 Å². The van der Waals surface area contributed by atoms with E-state index in [9.17, 15) is 12.8 Å². The predicted octanol–water partition coefficient (Wildman–Crippen LogP) is 2.45. The molecular weight excluding hydrogens is 343 g/mol. The number of hydrogen-bond acceptors (Lipinski definition) is 4. The van der Waals surface area contributed by atoms with Crippen LogP contribution in [0.2, 0.25) is 0 Å². The third-order valence-corrected chi connectivity index (χ3v) is 5.37. The van der Waals surface area contributed by atoms with E-state index in [0.717, 1.165) is 11.6 Å². The van der Waals surface area contributed by atoms with E-state index in [1.54, 1.807) is 6.92 Å². The molecule has 0 radical (unpaired) electrons. The van der Waals surface area contributed by atoms with Gasteiger partial charge in [0.15, 0.2) is 0 Å². The zero-order chi connectivity index (χ0) is 17.9. The van der Waals surface area contributed by atoms with Gasteiger partial charge in [-0.25, -0.2) is 17.5 Å². The largest absolute Gasteiger partial charge is 0.241 e. The van der Waals surface area contributed by atoms with Gasteiger partial charge in [0.25, 0.3) is 0 Å². The minimum Gasteiger partial charge on any atom is -0.207 e. The number of rotatable bonds is 6. The SMILES string of the molecule is Cc1cc(F)ccc1S(=O)(=O)N[C@H](Cn1nccn1)c1ccccc1. The van der Waals surface area contributed by atoms with Gasteiger partial charge in [-0.1, -0.05) is 30.3 Å². The Kier molecular flexibility index (Phi) is 4.91. The fourth-order valence-corrected chi connectivity index (χ4v) is 4.00. The van der Waals surface area contributed by atoms with Gasteiger partial charge in [-0.05, 0) is 36.2 Å². The summed E-state index contributed by atoms with van der Waals surface area (Å²) in [5.41, 5.74) is 1.12. The molecule has 0 amide bonds. The molecule has 0 fully saturated rings. The molecule has 0 aliphatic rings. The lowest BCUT2D eigenvalue weighted by atomic mass is 10.1. The van der Waals surface area contributed by atoms with Crippen LogP contribution in [0.1, 0.15) is 17.2 Å². The maximum absolute atomic E-state index is 13.3. The fourth-order valence-electron chi connectivity index (χ4n) is 2.56. The normalized spacial score (nSPS) is 12.9. The molecular formula is C17H17FN4O2S. The maximum Gasteiger partial charge on any atom is 0.241 e. The van der Waals surface area contributed by atoms with Gasteiger partial charge in [-0.3, -0.25) is 0 Å². The number of nitrogens with zero attached hydrogens (tertiary/aromatic N) is 3. The summed E-state index contributed by atoms with van der Waals surface area (Å²) in [4.78, 5) is 1.46. The minimum atomic E-state index is -3.84. The van der Waals surface area contributed by atoms with Gasteiger partial charge in [0, 0.05) is 0 Å². The number of hydrogen-bond donors (Lipinski definition) is 1. The summed E-state index contributed by atoms with van der Waals surface area (Å²) in [6.07, 6.45) is 3.06. The molecule has 0 unspecified atom stereocenters. The molecule has 1 aromatic heterocycles. The minimum absolute atomic E-state index is 0.0447. The summed E-state index contributed by atoms with van der Waals surface area (Å²) in [6, 6.07) is 12.2. The van der Waals surface area contributed by atoms with Gasteiger partial charge in [0.2, 0.25) is 10.0 Å². The van der Waals surface area contributed by atoms with Crippen molar-refractivity contribution in [1.29, 1.82) is 0 Å². The van der Waals surface area contributed by atoms with Crippen LogP contribution in [-0.2, 0) is 16.6 Å². The van der Waals surface area contributed by atoms with Crippen LogP contribution in [-0.4, -0.2) is 23.4 Å². The monoisotopic (exact) mass is 360 g/mol. The van der Waals surface area contributed by atoms with Crippen LogP contribution >= 0.6 is 0 Å². The second kappa shape index (κ2) is 7.12. The predicted molar refractivity (Wildman–Crippen MR) is 90.7 cm³/mol. The lowest BCUT2D eigenvalue weighted by molar-refractivity contribution is 0.444. The van der Waals surface area contributed by atoms with Crippen molar-refractivity contribution >= 4 is 10.0 Å². The van der Waals surface area contributed by atoms with E-state index in [0.29, 0.717) is 5.56 Å². The second-order valence-corrected chi connectivity index (χ2v) is 7.26. The molecule has 1 atom stereocenters. The van der Waals surface area contributed by atoms with E-state index in [-0.39, 0.29) is 11.4 Å². The molecule has 130 valence electrons. The number of benzene rings is 2. The highest BCUT2D eigenvalue weighted by Crippen LogP contribution is 2.21. The van der Waals surface area contributed by atoms with Crippen LogP contribution in [0.25, 0.3) is 0 Å². The summed E-state index contributed by atoms with van der Waals surface area (Å²) in [7, 11) is -3.84. The van der Waals surface area contributed by atoms with Gasteiger partial charge in [-0.2, -0.15) is 15.0 Å². The molecule has 0 aliphatic heterocycles. The van der Waals surface area contributed by atoms with Gasteiger partial charge in [-0.15, -0.1) is 0 Å². The van der Waals surface area contributed by atoms with Crippen LogP contribution in [0.4, 0.5) is 4.39 Å². The number of sulfonamides is 1. The first-order valence-corrected chi connectivity index (χ1v) is 9.11. The Hall–Kier alpha value is -2.58. The molecule has 0 spiro atoms. The molecule has 2 aromatic carbocycles.